The number of anilines is 1. The van der Waals surface area contributed by atoms with Gasteiger partial charge in [-0.3, -0.25) is 23.9 Å². The largest absolute Gasteiger partial charge is 0.283 e. The summed E-state index contributed by atoms with van der Waals surface area (Å²) >= 11 is 12.4. The minimum atomic E-state index is -1.04. The zero-order chi connectivity index (χ0) is 25.9. The van der Waals surface area contributed by atoms with Crippen LogP contribution in [0.2, 0.25) is 10.0 Å². The Morgan fingerprint density at radius 3 is 2.53 bits per heavy atom. The van der Waals surface area contributed by atoms with Crippen molar-refractivity contribution in [2.45, 2.75) is 24.4 Å². The maximum atomic E-state index is 14.4. The minimum Gasteiger partial charge on any atom is -0.283 e. The van der Waals surface area contributed by atoms with Crippen molar-refractivity contribution in [3.8, 4) is 5.69 Å². The van der Waals surface area contributed by atoms with Gasteiger partial charge >= 0.3 is 0 Å². The number of nitrogens with zero attached hydrogens (tertiary/aromatic N) is 4. The fourth-order valence-corrected chi connectivity index (χ4v) is 7.78. The number of fused-ring (bicyclic) bond motifs is 11. The maximum Gasteiger partial charge on any atom is 0.266 e. The molecule has 1 spiro atoms. The van der Waals surface area contributed by atoms with E-state index >= 15 is 0 Å². The number of imide groups is 1. The summed E-state index contributed by atoms with van der Waals surface area (Å²) in [4.78, 5) is 51.1. The first-order valence-corrected chi connectivity index (χ1v) is 13.4. The summed E-state index contributed by atoms with van der Waals surface area (Å²) in [7, 11) is 0. The molecule has 2 amide bonds. The van der Waals surface area contributed by atoms with Gasteiger partial charge in [0.05, 0.1) is 44.2 Å². The monoisotopic (exact) mass is 542 g/mol. The lowest BCUT2D eigenvalue weighted by molar-refractivity contribution is -0.124. The number of halogens is 2. The molecule has 0 unspecified atom stereocenters. The lowest BCUT2D eigenvalue weighted by atomic mass is 9.75. The van der Waals surface area contributed by atoms with Crippen LogP contribution in [-0.4, -0.2) is 38.9 Å². The average molecular weight is 543 g/mol. The molecule has 0 saturated carbocycles. The molecule has 4 aliphatic heterocycles. The molecule has 0 aliphatic carbocycles. The SMILES string of the molecule is O=C1[C@H]2[C@H]3CCCN3[C@@]3(c4ccccc4-n4c3nc3ccccc3c4=O)[C@H]2C(=O)N1c1ccc(Cl)c(Cl)c1. The van der Waals surface area contributed by atoms with Crippen LogP contribution in [0.15, 0.2) is 71.5 Å². The Labute approximate surface area is 227 Å². The molecule has 188 valence electrons. The van der Waals surface area contributed by atoms with Crippen LogP contribution in [0.1, 0.15) is 24.2 Å². The molecular weight excluding hydrogens is 523 g/mol. The first kappa shape index (κ1) is 22.5. The number of hydrogen-bond acceptors (Lipinski definition) is 5. The molecule has 7 nitrogen and oxygen atoms in total. The maximum absolute atomic E-state index is 14.4. The van der Waals surface area contributed by atoms with E-state index in [1.165, 1.54) is 4.90 Å². The highest BCUT2D eigenvalue weighted by atomic mass is 35.5. The molecule has 1 aromatic heterocycles. The molecule has 3 fully saturated rings. The average Bonchev–Trinajstić information content (AvgIpc) is 3.63. The van der Waals surface area contributed by atoms with Crippen molar-refractivity contribution in [1.82, 2.24) is 14.5 Å². The third-order valence-electron chi connectivity index (χ3n) is 8.80. The molecule has 3 aromatic carbocycles. The van der Waals surface area contributed by atoms with Crippen molar-refractivity contribution in [2.24, 2.45) is 11.8 Å². The predicted octanol–water partition coefficient (Wildman–Crippen LogP) is 4.53. The Kier molecular flexibility index (Phi) is 4.45. The van der Waals surface area contributed by atoms with E-state index in [4.69, 9.17) is 28.2 Å². The van der Waals surface area contributed by atoms with Crippen LogP contribution in [0.3, 0.4) is 0 Å². The number of rotatable bonds is 1. The molecule has 4 aliphatic rings. The molecule has 8 rings (SSSR count). The standard InChI is InChI=1S/C29H20Cl2N4O3/c30-18-12-11-15(14-19(18)31)34-26(37)23-22-10-5-13-33(22)29(24(23)27(34)38)17-7-2-4-9-21(17)35-25(36)16-6-1-3-8-20(16)32-28(29)35/h1-4,6-9,11-12,14,22-24H,5,10,13H2/t22-,23+,24-,29+/m1/s1. The summed E-state index contributed by atoms with van der Waals surface area (Å²) < 4.78 is 1.66. The Morgan fingerprint density at radius 1 is 0.895 bits per heavy atom. The number of aromatic nitrogens is 2. The summed E-state index contributed by atoms with van der Waals surface area (Å²) in [5, 5.41) is 1.14. The van der Waals surface area contributed by atoms with Gasteiger partial charge in [-0.2, -0.15) is 0 Å². The van der Waals surface area contributed by atoms with Gasteiger partial charge in [0.15, 0.2) is 0 Å². The zero-order valence-electron chi connectivity index (χ0n) is 20.0. The summed E-state index contributed by atoms with van der Waals surface area (Å²) in [5.74, 6) is -1.34. The van der Waals surface area contributed by atoms with Crippen molar-refractivity contribution in [1.29, 1.82) is 0 Å². The van der Waals surface area contributed by atoms with Crippen molar-refractivity contribution in [2.75, 3.05) is 11.4 Å². The molecule has 0 radical (unpaired) electrons. The second-order valence-electron chi connectivity index (χ2n) is 10.4. The van der Waals surface area contributed by atoms with Crippen LogP contribution in [0.4, 0.5) is 5.69 Å². The van der Waals surface area contributed by atoms with Crippen molar-refractivity contribution in [3.05, 3.63) is 98.5 Å². The van der Waals surface area contributed by atoms with Crippen LogP contribution < -0.4 is 10.5 Å². The van der Waals surface area contributed by atoms with Gasteiger partial charge in [0.1, 0.15) is 11.4 Å². The van der Waals surface area contributed by atoms with Gasteiger partial charge in [-0.1, -0.05) is 53.5 Å². The first-order chi connectivity index (χ1) is 18.4. The molecule has 0 N–H and O–H groups in total. The van der Waals surface area contributed by atoms with Crippen LogP contribution in [0.5, 0.6) is 0 Å². The van der Waals surface area contributed by atoms with Crippen LogP contribution in [0.25, 0.3) is 16.6 Å². The van der Waals surface area contributed by atoms with Gasteiger partial charge in [-0.25, -0.2) is 9.88 Å². The van der Waals surface area contributed by atoms with E-state index < -0.39 is 17.4 Å². The lowest BCUT2D eigenvalue weighted by Crippen LogP contribution is -2.51. The van der Waals surface area contributed by atoms with Crippen LogP contribution >= 0.6 is 23.2 Å². The lowest BCUT2D eigenvalue weighted by Gasteiger charge is -2.38. The van der Waals surface area contributed by atoms with Crippen molar-refractivity contribution >= 4 is 51.6 Å². The van der Waals surface area contributed by atoms with Gasteiger partial charge < -0.3 is 0 Å². The summed E-state index contributed by atoms with van der Waals surface area (Å²) in [5.41, 5.74) is 1.32. The number of carbonyl (C=O) groups excluding carboxylic acids is 2. The highest BCUT2D eigenvalue weighted by Gasteiger charge is 2.73. The Bertz CT molecular complexity index is 1800. The predicted molar refractivity (Wildman–Crippen MR) is 144 cm³/mol. The van der Waals surface area contributed by atoms with E-state index in [0.717, 1.165) is 18.4 Å². The Hall–Kier alpha value is -3.52. The highest BCUT2D eigenvalue weighted by Crippen LogP contribution is 2.62. The fourth-order valence-electron chi connectivity index (χ4n) is 7.49. The van der Waals surface area contributed by atoms with Gasteiger partial charge in [0.25, 0.3) is 5.56 Å². The van der Waals surface area contributed by atoms with Crippen LogP contribution in [0, 0.1) is 11.8 Å². The Morgan fingerprint density at radius 2 is 1.68 bits per heavy atom. The molecule has 3 saturated heterocycles. The number of benzene rings is 3. The van der Waals surface area contributed by atoms with E-state index in [0.29, 0.717) is 39.7 Å². The molecule has 4 aromatic rings. The number of carbonyl (C=O) groups is 2. The van der Waals surface area contributed by atoms with E-state index in [1.807, 2.05) is 42.5 Å². The first-order valence-electron chi connectivity index (χ1n) is 12.7. The molecule has 38 heavy (non-hydrogen) atoms. The fraction of sp³-hybridized carbons (Fsp3) is 0.241. The molecular formula is C29H20Cl2N4O3. The molecule has 5 heterocycles. The third-order valence-corrected chi connectivity index (χ3v) is 9.54. The number of amides is 2. The molecule has 9 heteroatoms. The highest BCUT2D eigenvalue weighted by molar-refractivity contribution is 6.42. The van der Waals surface area contributed by atoms with Gasteiger partial charge in [0, 0.05) is 11.6 Å². The topological polar surface area (TPSA) is 75.5 Å². The van der Waals surface area contributed by atoms with E-state index in [-0.39, 0.29) is 28.4 Å². The second-order valence-corrected chi connectivity index (χ2v) is 11.2. The van der Waals surface area contributed by atoms with E-state index in [1.54, 1.807) is 28.8 Å². The van der Waals surface area contributed by atoms with E-state index in [9.17, 15) is 14.4 Å². The van der Waals surface area contributed by atoms with Gasteiger partial charge in [0.2, 0.25) is 11.8 Å². The second kappa shape index (κ2) is 7.53. The number of para-hydroxylation sites is 2. The third kappa shape index (κ3) is 2.50. The number of hydrogen-bond donors (Lipinski definition) is 0. The summed E-state index contributed by atoms with van der Waals surface area (Å²) in [6.07, 6.45) is 1.68. The summed E-state index contributed by atoms with van der Waals surface area (Å²) in [6, 6.07) is 19.6. The minimum absolute atomic E-state index is 0.146. The zero-order valence-corrected chi connectivity index (χ0v) is 21.5. The van der Waals surface area contributed by atoms with Gasteiger partial charge in [-0.15, -0.1) is 0 Å². The van der Waals surface area contributed by atoms with Crippen molar-refractivity contribution in [3.63, 3.8) is 0 Å². The normalized spacial score (nSPS) is 27.3. The molecule has 4 atom stereocenters. The smallest absolute Gasteiger partial charge is 0.266 e. The van der Waals surface area contributed by atoms with Gasteiger partial charge in [-0.05, 0) is 55.8 Å². The summed E-state index contributed by atoms with van der Waals surface area (Å²) in [6.45, 7) is 0.710. The van der Waals surface area contributed by atoms with E-state index in [2.05, 4.69) is 4.90 Å². The van der Waals surface area contributed by atoms with Crippen molar-refractivity contribution < 1.29 is 9.59 Å². The molecule has 0 bridgehead atoms. The quantitative estimate of drug-likeness (QED) is 0.330. The Balaban J connectivity index is 1.44. The van der Waals surface area contributed by atoms with Crippen LogP contribution in [-0.2, 0) is 15.1 Å².